The van der Waals surface area contributed by atoms with Gasteiger partial charge >= 0.3 is 11.9 Å². The first-order valence-electron chi connectivity index (χ1n) is 8.89. The van der Waals surface area contributed by atoms with Crippen LogP contribution in [-0.2, 0) is 10.9 Å². The van der Waals surface area contributed by atoms with E-state index < -0.39 is 17.4 Å². The number of aromatic nitrogens is 4. The van der Waals surface area contributed by atoms with Gasteiger partial charge in [0.2, 0.25) is 0 Å². The van der Waals surface area contributed by atoms with E-state index in [9.17, 15) is 18.0 Å². The summed E-state index contributed by atoms with van der Waals surface area (Å²) in [4.78, 5) is 25.6. The number of ether oxygens (including phenoxy) is 1. The number of aromatic amines is 1. The Balaban J connectivity index is 1.95. The van der Waals surface area contributed by atoms with Gasteiger partial charge in [-0.3, -0.25) is 4.57 Å². The Bertz CT molecular complexity index is 1120. The summed E-state index contributed by atoms with van der Waals surface area (Å²) in [6, 6.07) is 3.29. The molecule has 0 spiro atoms. The smallest absolute Gasteiger partial charge is 0.380 e. The number of nitrogens with zero attached hydrogens (tertiary/aromatic N) is 4. The highest BCUT2D eigenvalue weighted by atomic mass is 19.4. The molecule has 0 radical (unpaired) electrons. The fraction of sp³-hybridized carbons (Fsp3) is 0.316. The summed E-state index contributed by atoms with van der Waals surface area (Å²) < 4.78 is 46.5. The third-order valence-corrected chi connectivity index (χ3v) is 5.06. The Morgan fingerprint density at radius 1 is 1.38 bits per heavy atom. The van der Waals surface area contributed by atoms with Crippen molar-refractivity contribution in [3.8, 4) is 0 Å². The number of rotatable bonds is 4. The third kappa shape index (κ3) is 3.39. The van der Waals surface area contributed by atoms with Crippen LogP contribution in [0.5, 0.6) is 0 Å². The van der Waals surface area contributed by atoms with Gasteiger partial charge in [-0.1, -0.05) is 6.58 Å². The minimum absolute atomic E-state index is 0.0244. The molecule has 0 bridgehead atoms. The van der Waals surface area contributed by atoms with Gasteiger partial charge in [-0.05, 0) is 24.6 Å². The molecule has 0 amide bonds. The molecule has 1 N–H and O–H groups in total. The van der Waals surface area contributed by atoms with Crippen molar-refractivity contribution in [1.82, 2.24) is 19.5 Å². The average molecular weight is 405 g/mol. The normalized spacial score (nSPS) is 17.2. The second-order valence-electron chi connectivity index (χ2n) is 6.79. The van der Waals surface area contributed by atoms with E-state index in [0.717, 1.165) is 23.1 Å². The van der Waals surface area contributed by atoms with Gasteiger partial charge in [0.05, 0.1) is 41.1 Å². The van der Waals surface area contributed by atoms with E-state index in [1.165, 1.54) is 18.6 Å². The first-order valence-corrected chi connectivity index (χ1v) is 8.89. The van der Waals surface area contributed by atoms with Crippen molar-refractivity contribution in [1.29, 1.82) is 0 Å². The number of methoxy groups -OCH3 is 1. The predicted molar refractivity (Wildman–Crippen MR) is 102 cm³/mol. The molecule has 1 unspecified atom stereocenters. The van der Waals surface area contributed by atoms with Crippen LogP contribution in [0.1, 0.15) is 17.7 Å². The van der Waals surface area contributed by atoms with Crippen molar-refractivity contribution >= 4 is 22.4 Å². The van der Waals surface area contributed by atoms with Crippen molar-refractivity contribution in [2.75, 3.05) is 25.1 Å². The van der Waals surface area contributed by atoms with Gasteiger partial charge in [-0.25, -0.2) is 9.78 Å². The molecule has 1 aromatic carbocycles. The second-order valence-corrected chi connectivity index (χ2v) is 6.79. The van der Waals surface area contributed by atoms with Crippen molar-refractivity contribution in [3.63, 3.8) is 0 Å². The molecule has 7 nitrogen and oxygen atoms in total. The molecule has 0 aliphatic carbocycles. The zero-order chi connectivity index (χ0) is 20.8. The number of hydrogen-bond donors (Lipinski definition) is 1. The summed E-state index contributed by atoms with van der Waals surface area (Å²) in [6.45, 7) is 4.95. The molecule has 4 rings (SSSR count). The number of benzene rings is 1. The summed E-state index contributed by atoms with van der Waals surface area (Å²) in [6.07, 6.45) is -1.01. The van der Waals surface area contributed by atoms with Crippen molar-refractivity contribution in [3.05, 3.63) is 59.0 Å². The van der Waals surface area contributed by atoms with Gasteiger partial charge in [0.25, 0.3) is 0 Å². The lowest BCUT2D eigenvalue weighted by Crippen LogP contribution is -2.30. The lowest BCUT2D eigenvalue weighted by atomic mass is 10.1. The Labute approximate surface area is 163 Å². The van der Waals surface area contributed by atoms with Gasteiger partial charge in [-0.2, -0.15) is 18.2 Å². The standard InChI is InChI=1S/C19H18F3N5O2/c1-11(15-8-23-10-24-15)27-16-7-12(19(20,21)22)3-4-14(16)17(25-18(27)28)26-6-5-13(9-26)29-2/h3-4,7-8,10,13H,1,5-6,9H2,2H3,(H,23,24). The van der Waals surface area contributed by atoms with Crippen LogP contribution >= 0.6 is 0 Å². The Hall–Kier alpha value is -3.14. The van der Waals surface area contributed by atoms with Crippen molar-refractivity contribution in [2.24, 2.45) is 0 Å². The van der Waals surface area contributed by atoms with Crippen LogP contribution in [0.3, 0.4) is 0 Å². The third-order valence-electron chi connectivity index (χ3n) is 5.06. The summed E-state index contributed by atoms with van der Waals surface area (Å²) in [5, 5.41) is 0.426. The van der Waals surface area contributed by atoms with Crippen molar-refractivity contribution < 1.29 is 17.9 Å². The monoisotopic (exact) mass is 405 g/mol. The summed E-state index contributed by atoms with van der Waals surface area (Å²) in [7, 11) is 1.60. The predicted octanol–water partition coefficient (Wildman–Crippen LogP) is 2.88. The van der Waals surface area contributed by atoms with Gasteiger partial charge in [0, 0.05) is 25.6 Å². The zero-order valence-corrected chi connectivity index (χ0v) is 15.5. The highest BCUT2D eigenvalue weighted by molar-refractivity contribution is 5.93. The second kappa shape index (κ2) is 7.03. The number of fused-ring (bicyclic) bond motifs is 1. The average Bonchev–Trinajstić information content (AvgIpc) is 3.37. The van der Waals surface area contributed by atoms with Crippen LogP contribution in [0.15, 0.2) is 42.1 Å². The molecule has 10 heteroatoms. The number of hydrogen-bond acceptors (Lipinski definition) is 5. The molecule has 3 aromatic rings. The number of alkyl halides is 3. The van der Waals surface area contributed by atoms with Gasteiger partial charge in [0.15, 0.2) is 0 Å². The molecular weight excluding hydrogens is 387 g/mol. The topological polar surface area (TPSA) is 76.0 Å². The lowest BCUT2D eigenvalue weighted by Gasteiger charge is -2.21. The Morgan fingerprint density at radius 3 is 2.79 bits per heavy atom. The number of halogens is 3. The summed E-state index contributed by atoms with van der Waals surface area (Å²) in [5.74, 6) is 0.340. The van der Waals surface area contributed by atoms with E-state index >= 15 is 0 Å². The number of nitrogens with one attached hydrogen (secondary N) is 1. The van der Waals surface area contributed by atoms with Crippen LogP contribution in [0.2, 0.25) is 0 Å². The van der Waals surface area contributed by atoms with E-state index in [2.05, 4.69) is 21.5 Å². The molecule has 152 valence electrons. The van der Waals surface area contributed by atoms with Gasteiger partial charge in [0.1, 0.15) is 5.82 Å². The molecule has 1 atom stereocenters. The highest BCUT2D eigenvalue weighted by Gasteiger charge is 2.32. The van der Waals surface area contributed by atoms with Crippen LogP contribution in [0.4, 0.5) is 19.0 Å². The first kappa shape index (κ1) is 19.2. The first-order chi connectivity index (χ1) is 13.8. The maximum atomic E-state index is 13.4. The SMILES string of the molecule is C=C(c1cnc[nH]1)n1c(=O)nc(N2CCC(OC)C2)c2ccc(C(F)(F)F)cc21. The molecule has 1 fully saturated rings. The minimum Gasteiger partial charge on any atom is -0.380 e. The minimum atomic E-state index is -4.55. The van der Waals surface area contributed by atoms with E-state index in [1.807, 2.05) is 4.90 Å². The molecule has 1 saturated heterocycles. The van der Waals surface area contributed by atoms with E-state index in [4.69, 9.17) is 4.74 Å². The fourth-order valence-corrected chi connectivity index (χ4v) is 3.53. The molecule has 2 aromatic heterocycles. The van der Waals surface area contributed by atoms with Crippen LogP contribution < -0.4 is 10.6 Å². The maximum Gasteiger partial charge on any atom is 0.416 e. The Kier molecular flexibility index (Phi) is 4.65. The molecular formula is C19H18F3N5O2. The van der Waals surface area contributed by atoms with E-state index in [0.29, 0.717) is 30.0 Å². The van der Waals surface area contributed by atoms with E-state index in [1.54, 1.807) is 7.11 Å². The number of anilines is 1. The lowest BCUT2D eigenvalue weighted by molar-refractivity contribution is -0.137. The largest absolute Gasteiger partial charge is 0.416 e. The Morgan fingerprint density at radius 2 is 2.17 bits per heavy atom. The summed E-state index contributed by atoms with van der Waals surface area (Å²) >= 11 is 0. The maximum absolute atomic E-state index is 13.4. The molecule has 1 aliphatic rings. The number of H-pyrrole nitrogens is 1. The molecule has 0 saturated carbocycles. The zero-order valence-electron chi connectivity index (χ0n) is 15.5. The summed E-state index contributed by atoms with van der Waals surface area (Å²) in [5.41, 5.74) is -0.931. The highest BCUT2D eigenvalue weighted by Crippen LogP contribution is 2.34. The van der Waals surface area contributed by atoms with Crippen LogP contribution in [-0.4, -0.2) is 45.8 Å². The number of imidazole rings is 1. The van der Waals surface area contributed by atoms with Crippen LogP contribution in [0.25, 0.3) is 16.6 Å². The molecule has 29 heavy (non-hydrogen) atoms. The fourth-order valence-electron chi connectivity index (χ4n) is 3.53. The molecule has 3 heterocycles. The quantitative estimate of drug-likeness (QED) is 0.723. The van der Waals surface area contributed by atoms with Gasteiger partial charge < -0.3 is 14.6 Å². The molecule has 1 aliphatic heterocycles. The van der Waals surface area contributed by atoms with E-state index in [-0.39, 0.29) is 17.3 Å². The van der Waals surface area contributed by atoms with Crippen molar-refractivity contribution in [2.45, 2.75) is 18.7 Å². The van der Waals surface area contributed by atoms with Crippen LogP contribution in [0, 0.1) is 0 Å². The van der Waals surface area contributed by atoms with Gasteiger partial charge in [-0.15, -0.1) is 0 Å².